The number of ether oxygens (including phenoxy) is 4. The molecule has 0 saturated carbocycles. The first-order chi connectivity index (χ1) is 40.8. The van der Waals surface area contributed by atoms with E-state index in [1.807, 2.05) is 0 Å². The molecular weight excluding hydrogens is 1130 g/mol. The van der Waals surface area contributed by atoms with Crippen LogP contribution in [0.4, 0.5) is 0 Å². The number of esters is 4. The molecule has 0 radical (unpaired) electrons. The molecule has 0 aromatic heterocycles. The molecule has 0 amide bonds. The van der Waals surface area contributed by atoms with E-state index in [1.165, 1.54) is 128 Å². The van der Waals surface area contributed by atoms with Gasteiger partial charge in [-0.05, 0) is 43.4 Å². The first-order valence-corrected chi connectivity index (χ1v) is 37.4. The normalized spacial score (nSPS) is 14.6. The standard InChI is InChI=1S/C66H128O17P2/c1-8-10-11-30-40-47-63(68)76-53-61(82-65(70)49-42-35-28-22-16-13-19-25-32-38-45-58(5)6)55-80-84(72,73)78-51-60(67)52-79-85(74,75)81-56-62(54-77-64(69)48-41-34-27-21-15-12-18-24-31-37-44-57(3)4)83-66(71)50-43-36-29-23-17-14-20-26-33-39-46-59(7)9-2/h57-62,67H,8-56H2,1-7H3,(H,72,73)(H,74,75)/t59?,60-,61+,62+/m0/s1. The summed E-state index contributed by atoms with van der Waals surface area (Å²) in [4.78, 5) is 72.1. The summed E-state index contributed by atoms with van der Waals surface area (Å²) >= 11 is 0. The Morgan fingerprint density at radius 1 is 0.341 bits per heavy atom. The smallest absolute Gasteiger partial charge is 0.462 e. The van der Waals surface area contributed by atoms with Gasteiger partial charge in [0, 0.05) is 25.7 Å². The summed E-state index contributed by atoms with van der Waals surface area (Å²) in [6.45, 7) is 11.7. The Balaban J connectivity index is 5.18. The van der Waals surface area contributed by atoms with E-state index in [9.17, 15) is 43.2 Å². The fourth-order valence-corrected chi connectivity index (χ4v) is 11.4. The molecule has 504 valence electrons. The van der Waals surface area contributed by atoms with Gasteiger partial charge in [0.05, 0.1) is 26.4 Å². The summed E-state index contributed by atoms with van der Waals surface area (Å²) in [5.74, 6) is 0.171. The summed E-state index contributed by atoms with van der Waals surface area (Å²) in [6, 6.07) is 0. The van der Waals surface area contributed by atoms with Gasteiger partial charge in [0.2, 0.25) is 0 Å². The number of phosphoric ester groups is 2. The van der Waals surface area contributed by atoms with Crippen LogP contribution in [0, 0.1) is 17.8 Å². The Labute approximate surface area is 517 Å². The van der Waals surface area contributed by atoms with Gasteiger partial charge in [0.15, 0.2) is 12.2 Å². The fraction of sp³-hybridized carbons (Fsp3) is 0.939. The summed E-state index contributed by atoms with van der Waals surface area (Å²) < 4.78 is 67.9. The molecule has 0 heterocycles. The van der Waals surface area contributed by atoms with Gasteiger partial charge in [-0.1, -0.05) is 273 Å². The molecule has 0 aromatic carbocycles. The van der Waals surface area contributed by atoms with E-state index >= 15 is 0 Å². The zero-order valence-corrected chi connectivity index (χ0v) is 56.9. The number of rotatable bonds is 64. The van der Waals surface area contributed by atoms with E-state index in [4.69, 9.17) is 37.0 Å². The summed E-state index contributed by atoms with van der Waals surface area (Å²) in [5.41, 5.74) is 0. The van der Waals surface area contributed by atoms with Crippen LogP contribution in [0.15, 0.2) is 0 Å². The lowest BCUT2D eigenvalue weighted by Crippen LogP contribution is -2.30. The molecule has 0 aromatic rings. The van der Waals surface area contributed by atoms with E-state index in [0.29, 0.717) is 25.7 Å². The molecule has 0 aliphatic heterocycles. The summed E-state index contributed by atoms with van der Waals surface area (Å²) in [5, 5.41) is 10.5. The van der Waals surface area contributed by atoms with Gasteiger partial charge < -0.3 is 33.8 Å². The van der Waals surface area contributed by atoms with Gasteiger partial charge in [-0.3, -0.25) is 37.3 Å². The second-order valence-corrected chi connectivity index (χ2v) is 28.0. The second kappa shape index (κ2) is 57.2. The quantitative estimate of drug-likeness (QED) is 0.0222. The molecular formula is C66H128O17P2. The maximum Gasteiger partial charge on any atom is 0.472 e. The molecule has 3 unspecified atom stereocenters. The van der Waals surface area contributed by atoms with E-state index in [2.05, 4.69) is 48.5 Å². The van der Waals surface area contributed by atoms with Crippen molar-refractivity contribution in [2.45, 2.75) is 343 Å². The van der Waals surface area contributed by atoms with Crippen molar-refractivity contribution in [3.63, 3.8) is 0 Å². The van der Waals surface area contributed by atoms with Crippen molar-refractivity contribution in [2.24, 2.45) is 17.8 Å². The zero-order valence-electron chi connectivity index (χ0n) is 55.1. The van der Waals surface area contributed by atoms with E-state index < -0.39 is 97.5 Å². The highest BCUT2D eigenvalue weighted by Gasteiger charge is 2.30. The Morgan fingerprint density at radius 2 is 0.600 bits per heavy atom. The van der Waals surface area contributed by atoms with Crippen molar-refractivity contribution < 1.29 is 80.2 Å². The monoisotopic (exact) mass is 1250 g/mol. The highest BCUT2D eigenvalue weighted by Crippen LogP contribution is 2.45. The molecule has 0 spiro atoms. The fourth-order valence-electron chi connectivity index (χ4n) is 9.80. The number of phosphoric acid groups is 2. The first kappa shape index (κ1) is 83.1. The van der Waals surface area contributed by atoms with Gasteiger partial charge in [0.25, 0.3) is 0 Å². The minimum absolute atomic E-state index is 0.105. The predicted octanol–water partition coefficient (Wildman–Crippen LogP) is 18.3. The lowest BCUT2D eigenvalue weighted by atomic mass is 9.99. The molecule has 3 N–H and O–H groups in total. The van der Waals surface area contributed by atoms with Gasteiger partial charge >= 0.3 is 39.5 Å². The lowest BCUT2D eigenvalue weighted by Gasteiger charge is -2.21. The van der Waals surface area contributed by atoms with Crippen molar-refractivity contribution in [3.8, 4) is 0 Å². The van der Waals surface area contributed by atoms with Crippen LogP contribution < -0.4 is 0 Å². The Kier molecular flexibility index (Phi) is 55.9. The van der Waals surface area contributed by atoms with Crippen molar-refractivity contribution >= 4 is 39.5 Å². The molecule has 0 aliphatic carbocycles. The molecule has 0 saturated heterocycles. The van der Waals surface area contributed by atoms with Gasteiger partial charge in [-0.25, -0.2) is 9.13 Å². The van der Waals surface area contributed by atoms with Crippen molar-refractivity contribution in [1.29, 1.82) is 0 Å². The summed E-state index contributed by atoms with van der Waals surface area (Å²) in [7, 11) is -9.89. The van der Waals surface area contributed by atoms with Crippen LogP contribution in [0.3, 0.4) is 0 Å². The van der Waals surface area contributed by atoms with Crippen LogP contribution >= 0.6 is 15.6 Å². The molecule has 0 aliphatic rings. The minimum atomic E-state index is -4.95. The maximum atomic E-state index is 13.0. The van der Waals surface area contributed by atoms with E-state index in [0.717, 1.165) is 114 Å². The maximum absolute atomic E-state index is 13.0. The summed E-state index contributed by atoms with van der Waals surface area (Å²) in [6.07, 6.45) is 39.2. The number of carbonyl (C=O) groups excluding carboxylic acids is 4. The SMILES string of the molecule is CCCCCCCC(=O)OC[C@H](COP(=O)(O)OC[C@H](O)COP(=O)(O)OC[C@@H](COC(=O)CCCCCCCCCCCCC(C)C)OC(=O)CCCCCCCCCCCCC(C)CC)OC(=O)CCCCCCCCCCCCC(C)C. The minimum Gasteiger partial charge on any atom is -0.462 e. The van der Waals surface area contributed by atoms with Crippen LogP contribution in [0.25, 0.3) is 0 Å². The average Bonchev–Trinajstić information content (AvgIpc) is 3.50. The van der Waals surface area contributed by atoms with Crippen LogP contribution in [0.1, 0.15) is 325 Å². The molecule has 17 nitrogen and oxygen atoms in total. The van der Waals surface area contributed by atoms with Gasteiger partial charge in [-0.2, -0.15) is 0 Å². The van der Waals surface area contributed by atoms with Crippen LogP contribution in [0.2, 0.25) is 0 Å². The van der Waals surface area contributed by atoms with Crippen LogP contribution in [-0.4, -0.2) is 96.7 Å². The van der Waals surface area contributed by atoms with Crippen LogP contribution in [-0.2, 0) is 65.4 Å². The Hall–Kier alpha value is -1.94. The van der Waals surface area contributed by atoms with Crippen molar-refractivity contribution in [1.82, 2.24) is 0 Å². The zero-order chi connectivity index (χ0) is 63.1. The number of aliphatic hydroxyl groups excluding tert-OH is 1. The average molecular weight is 1260 g/mol. The van der Waals surface area contributed by atoms with Crippen LogP contribution in [0.5, 0.6) is 0 Å². The molecule has 0 bridgehead atoms. The number of aliphatic hydroxyl groups is 1. The van der Waals surface area contributed by atoms with E-state index in [1.54, 1.807) is 0 Å². The van der Waals surface area contributed by atoms with Crippen molar-refractivity contribution in [2.75, 3.05) is 39.6 Å². The number of hydrogen-bond acceptors (Lipinski definition) is 15. The predicted molar refractivity (Wildman–Crippen MR) is 340 cm³/mol. The largest absolute Gasteiger partial charge is 0.472 e. The third-order valence-electron chi connectivity index (χ3n) is 15.5. The van der Waals surface area contributed by atoms with E-state index in [-0.39, 0.29) is 25.7 Å². The lowest BCUT2D eigenvalue weighted by molar-refractivity contribution is -0.161. The van der Waals surface area contributed by atoms with Crippen molar-refractivity contribution in [3.05, 3.63) is 0 Å². The molecule has 6 atom stereocenters. The number of unbranched alkanes of at least 4 members (excludes halogenated alkanes) is 31. The first-order valence-electron chi connectivity index (χ1n) is 34.4. The number of hydrogen-bond donors (Lipinski definition) is 3. The topological polar surface area (TPSA) is 237 Å². The highest BCUT2D eigenvalue weighted by atomic mass is 31.2. The molecule has 19 heteroatoms. The number of carbonyl (C=O) groups is 4. The molecule has 0 fully saturated rings. The highest BCUT2D eigenvalue weighted by molar-refractivity contribution is 7.47. The third-order valence-corrected chi connectivity index (χ3v) is 17.4. The molecule has 85 heavy (non-hydrogen) atoms. The Morgan fingerprint density at radius 3 is 0.894 bits per heavy atom. The third kappa shape index (κ3) is 59.5. The van der Waals surface area contributed by atoms with Gasteiger partial charge in [0.1, 0.15) is 19.3 Å². The van der Waals surface area contributed by atoms with Gasteiger partial charge in [-0.15, -0.1) is 0 Å². The second-order valence-electron chi connectivity index (χ2n) is 25.1. The Bertz CT molecular complexity index is 1680. The molecule has 0 rings (SSSR count).